The summed E-state index contributed by atoms with van der Waals surface area (Å²) in [6.45, 7) is 6.05. The summed E-state index contributed by atoms with van der Waals surface area (Å²) in [5.41, 5.74) is 0.199. The third-order valence-corrected chi connectivity index (χ3v) is 6.34. The van der Waals surface area contributed by atoms with Crippen molar-refractivity contribution in [3.63, 3.8) is 0 Å². The minimum absolute atomic E-state index is 0.0643. The molecule has 0 aromatic heterocycles. The summed E-state index contributed by atoms with van der Waals surface area (Å²) in [5, 5.41) is 38.5. The third kappa shape index (κ3) is 10.9. The van der Waals surface area contributed by atoms with Gasteiger partial charge in [0.25, 0.3) is 5.09 Å². The van der Waals surface area contributed by atoms with Crippen molar-refractivity contribution in [1.29, 1.82) is 5.26 Å². The number of carbonyl (C=O) groups is 2. The van der Waals surface area contributed by atoms with Crippen LogP contribution >= 0.6 is 0 Å². The summed E-state index contributed by atoms with van der Waals surface area (Å²) < 4.78 is 5.63. The van der Waals surface area contributed by atoms with Gasteiger partial charge in [-0.25, -0.2) is 0 Å². The van der Waals surface area contributed by atoms with Crippen LogP contribution in [0.3, 0.4) is 0 Å². The van der Waals surface area contributed by atoms with Crippen molar-refractivity contribution in [3.05, 3.63) is 33.9 Å². The molecule has 2 rings (SSSR count). The van der Waals surface area contributed by atoms with E-state index in [-0.39, 0.29) is 49.4 Å². The lowest BCUT2D eigenvalue weighted by Crippen LogP contribution is -2.52. The monoisotopic (exact) mass is 533 g/mol. The first-order valence-corrected chi connectivity index (χ1v) is 13.0. The molecule has 0 saturated heterocycles. The first-order chi connectivity index (χ1) is 18.0. The summed E-state index contributed by atoms with van der Waals surface area (Å²) >= 11 is 0. The number of benzene rings is 1. The van der Waals surface area contributed by atoms with Crippen molar-refractivity contribution in [1.82, 2.24) is 10.6 Å². The lowest BCUT2D eigenvalue weighted by atomic mass is 9.84. The number of rotatable bonds is 15. The number of hydrogen-bond acceptors (Lipinski definition) is 9. The second-order valence-electron chi connectivity index (χ2n) is 10.2. The number of aliphatic hydroxyl groups excluding tert-OH is 1. The Labute approximate surface area is 223 Å². The lowest BCUT2D eigenvalue weighted by molar-refractivity contribution is -0.771. The highest BCUT2D eigenvalue weighted by Gasteiger charge is 2.30. The molecule has 0 spiro atoms. The molecule has 1 aliphatic carbocycles. The van der Waals surface area contributed by atoms with Crippen LogP contribution in [0.4, 0.5) is 5.69 Å². The number of nitrogens with zero attached hydrogens (tertiary/aromatic N) is 2. The van der Waals surface area contributed by atoms with Gasteiger partial charge in [0.2, 0.25) is 11.8 Å². The predicted molar refractivity (Wildman–Crippen MR) is 140 cm³/mol. The van der Waals surface area contributed by atoms with E-state index in [9.17, 15) is 30.1 Å². The maximum absolute atomic E-state index is 12.5. The molecule has 1 aromatic carbocycles. The highest BCUT2D eigenvalue weighted by Crippen LogP contribution is 2.29. The van der Waals surface area contributed by atoms with Crippen molar-refractivity contribution < 1.29 is 29.4 Å². The van der Waals surface area contributed by atoms with E-state index >= 15 is 0 Å². The Balaban J connectivity index is 1.77. The van der Waals surface area contributed by atoms with Gasteiger partial charge in [0.05, 0.1) is 5.56 Å². The average Bonchev–Trinajstić information content (AvgIpc) is 2.86. The summed E-state index contributed by atoms with van der Waals surface area (Å²) in [7, 11) is 0. The Bertz CT molecular complexity index is 995. The van der Waals surface area contributed by atoms with E-state index in [1.807, 2.05) is 26.8 Å². The van der Waals surface area contributed by atoms with Gasteiger partial charge in [-0.2, -0.15) is 5.26 Å². The van der Waals surface area contributed by atoms with Crippen LogP contribution in [0.2, 0.25) is 0 Å². The topological polar surface area (TPSA) is 176 Å². The Morgan fingerprint density at radius 3 is 2.71 bits per heavy atom. The van der Waals surface area contributed by atoms with Crippen LogP contribution in [0.5, 0.6) is 5.75 Å². The van der Waals surface area contributed by atoms with E-state index in [0.29, 0.717) is 30.7 Å². The molecule has 1 aromatic rings. The number of amides is 2. The molecule has 2 amide bonds. The fourth-order valence-electron chi connectivity index (χ4n) is 4.26. The minimum atomic E-state index is -0.886. The molecule has 1 fully saturated rings. The molecule has 210 valence electrons. The zero-order valence-corrected chi connectivity index (χ0v) is 22.3. The number of carbonyl (C=O) groups excluding carboxylic acids is 2. The second kappa shape index (κ2) is 15.1. The molecule has 1 saturated carbocycles. The number of ether oxygens (including phenoxy) is 1. The number of hydrogen-bond donors (Lipinski definition) is 4. The second-order valence-corrected chi connectivity index (χ2v) is 10.2. The van der Waals surface area contributed by atoms with Crippen molar-refractivity contribution in [2.24, 2.45) is 5.92 Å². The largest absolute Gasteiger partial charge is 0.489 e. The molecule has 3 atom stereocenters. The lowest BCUT2D eigenvalue weighted by Gasteiger charge is -2.31. The Kier molecular flexibility index (Phi) is 12.2. The Hall–Kier alpha value is -3.43. The summed E-state index contributed by atoms with van der Waals surface area (Å²) in [6.07, 6.45) is 2.87. The van der Waals surface area contributed by atoms with Gasteiger partial charge in [-0.1, -0.05) is 19.8 Å². The predicted octanol–water partition coefficient (Wildman–Crippen LogP) is 2.68. The van der Waals surface area contributed by atoms with E-state index in [4.69, 9.17) is 9.57 Å². The summed E-state index contributed by atoms with van der Waals surface area (Å²) in [4.78, 5) is 39.7. The van der Waals surface area contributed by atoms with Crippen molar-refractivity contribution in [2.75, 3.05) is 25.0 Å². The number of nitriles is 1. The molecule has 12 heteroatoms. The van der Waals surface area contributed by atoms with E-state index in [1.165, 1.54) is 6.07 Å². The minimum Gasteiger partial charge on any atom is -0.489 e. The first-order valence-electron chi connectivity index (χ1n) is 13.0. The van der Waals surface area contributed by atoms with Crippen LogP contribution in [-0.4, -0.2) is 59.5 Å². The van der Waals surface area contributed by atoms with E-state index < -0.39 is 22.8 Å². The van der Waals surface area contributed by atoms with Gasteiger partial charge in [0, 0.05) is 37.2 Å². The molecular formula is C26H39N5O7. The van der Waals surface area contributed by atoms with Crippen LogP contribution in [0.15, 0.2) is 18.2 Å². The average molecular weight is 534 g/mol. The zero-order valence-electron chi connectivity index (χ0n) is 22.3. The SMILES string of the molecule is CCCC(=O)Nc1ccc(OCC(O)CNC(C)(C)CNC(=O)C[C@@H]2CCCC[C@H]2O[N+](=O)[O-])c(C#N)c1. The maximum atomic E-state index is 12.5. The molecule has 1 aliphatic rings. The number of nitrogens with one attached hydrogen (secondary N) is 3. The molecule has 0 bridgehead atoms. The Morgan fingerprint density at radius 1 is 1.29 bits per heavy atom. The van der Waals surface area contributed by atoms with Gasteiger partial charge >= 0.3 is 0 Å². The van der Waals surface area contributed by atoms with Crippen LogP contribution in [-0.2, 0) is 14.4 Å². The van der Waals surface area contributed by atoms with Crippen LogP contribution in [0.1, 0.15) is 71.3 Å². The van der Waals surface area contributed by atoms with Crippen LogP contribution in [0, 0.1) is 27.4 Å². The zero-order chi connectivity index (χ0) is 28.1. The van der Waals surface area contributed by atoms with Crippen LogP contribution in [0.25, 0.3) is 0 Å². The Morgan fingerprint density at radius 2 is 2.03 bits per heavy atom. The standard InChI is InChI=1S/C26H39N5O7/c1-4-7-24(33)30-20-10-11-22(19(12-20)14-27)37-16-21(32)15-29-26(2,3)17-28-25(34)13-18-8-5-6-9-23(18)38-31(35)36/h10-12,18,21,23,29,32H,4-9,13,15-17H2,1-3H3,(H,28,34)(H,30,33)/t18-,21?,23+/m0/s1. The van der Waals surface area contributed by atoms with Gasteiger partial charge in [-0.15, -0.1) is 10.1 Å². The van der Waals surface area contributed by atoms with Gasteiger partial charge < -0.3 is 30.6 Å². The molecule has 1 unspecified atom stereocenters. The molecule has 38 heavy (non-hydrogen) atoms. The molecular weight excluding hydrogens is 494 g/mol. The normalized spacial score (nSPS) is 18.1. The molecule has 12 nitrogen and oxygen atoms in total. The van der Waals surface area contributed by atoms with Gasteiger partial charge in [0.1, 0.15) is 30.6 Å². The summed E-state index contributed by atoms with van der Waals surface area (Å²) in [6, 6.07) is 6.78. The van der Waals surface area contributed by atoms with Gasteiger partial charge in [0.15, 0.2) is 0 Å². The smallest absolute Gasteiger partial charge is 0.294 e. The van der Waals surface area contributed by atoms with E-state index in [0.717, 1.165) is 19.3 Å². The fraction of sp³-hybridized carbons (Fsp3) is 0.654. The quantitative estimate of drug-likeness (QED) is 0.195. The van der Waals surface area contributed by atoms with Crippen molar-refractivity contribution >= 4 is 17.5 Å². The first kappa shape index (κ1) is 30.8. The fourth-order valence-corrected chi connectivity index (χ4v) is 4.26. The molecule has 0 radical (unpaired) electrons. The molecule has 4 N–H and O–H groups in total. The van der Waals surface area contributed by atoms with Crippen LogP contribution < -0.4 is 20.7 Å². The van der Waals surface area contributed by atoms with E-state index in [2.05, 4.69) is 16.0 Å². The van der Waals surface area contributed by atoms with Gasteiger partial charge in [-0.05, 0) is 57.2 Å². The maximum Gasteiger partial charge on any atom is 0.294 e. The van der Waals surface area contributed by atoms with Crippen molar-refractivity contribution in [3.8, 4) is 11.8 Å². The highest BCUT2D eigenvalue weighted by atomic mass is 17.0. The highest BCUT2D eigenvalue weighted by molar-refractivity contribution is 5.91. The van der Waals surface area contributed by atoms with Crippen molar-refractivity contribution in [2.45, 2.75) is 83.5 Å². The summed E-state index contributed by atoms with van der Waals surface area (Å²) in [5.74, 6) is -0.226. The number of β-amino-alcohol motifs (C(OH)–C–C–N with tert-alkyl or cyclic N) is 1. The number of aliphatic hydroxyl groups is 1. The molecule has 0 aliphatic heterocycles. The van der Waals surface area contributed by atoms with Gasteiger partial charge in [-0.3, -0.25) is 9.59 Å². The molecule has 0 heterocycles. The number of anilines is 1. The third-order valence-electron chi connectivity index (χ3n) is 6.34. The van der Waals surface area contributed by atoms with E-state index in [1.54, 1.807) is 12.1 Å².